The van der Waals surface area contributed by atoms with Gasteiger partial charge in [-0.3, -0.25) is 0 Å². The molecular weight excluding hydrogens is 312 g/mol. The lowest BCUT2D eigenvalue weighted by atomic mass is 10.1. The molecule has 7 nitrogen and oxygen atoms in total. The molecule has 24 heavy (non-hydrogen) atoms. The van der Waals surface area contributed by atoms with Crippen molar-refractivity contribution in [3.8, 4) is 11.8 Å². The van der Waals surface area contributed by atoms with E-state index in [0.717, 1.165) is 25.3 Å². The summed E-state index contributed by atoms with van der Waals surface area (Å²) in [5.41, 5.74) is 0.677. The standard InChI is InChI=1S/C15H20N2O.C2H2O4/c16-13-14-5-7-15(8-6-14)18-12-4-11-17-9-2-1-3-10-17;3-1(4)2(5)6/h5-8H,1-4,9-12H2;(H,3,4)(H,5,6). The van der Waals surface area contributed by atoms with Crippen LogP contribution in [0.5, 0.6) is 5.75 Å². The third-order valence-corrected chi connectivity index (χ3v) is 3.50. The first-order chi connectivity index (χ1) is 11.5. The minimum Gasteiger partial charge on any atom is -0.494 e. The van der Waals surface area contributed by atoms with Crippen LogP contribution in [0, 0.1) is 11.3 Å². The van der Waals surface area contributed by atoms with Crippen LogP contribution in [0.4, 0.5) is 0 Å². The van der Waals surface area contributed by atoms with Crippen LogP contribution < -0.4 is 4.74 Å². The first-order valence-corrected chi connectivity index (χ1v) is 7.84. The lowest BCUT2D eigenvalue weighted by Gasteiger charge is -2.26. The van der Waals surface area contributed by atoms with Gasteiger partial charge < -0.3 is 19.8 Å². The van der Waals surface area contributed by atoms with Crippen LogP contribution in [0.2, 0.25) is 0 Å². The number of carboxylic acid groups (broad SMARTS) is 2. The van der Waals surface area contributed by atoms with Gasteiger partial charge >= 0.3 is 11.9 Å². The summed E-state index contributed by atoms with van der Waals surface area (Å²) in [6, 6.07) is 9.41. The molecule has 0 atom stereocenters. The van der Waals surface area contributed by atoms with Crippen LogP contribution in [0.25, 0.3) is 0 Å². The van der Waals surface area contributed by atoms with Crippen LogP contribution in [0.3, 0.4) is 0 Å². The maximum absolute atomic E-state index is 9.10. The van der Waals surface area contributed by atoms with Crippen LogP contribution in [-0.2, 0) is 9.59 Å². The summed E-state index contributed by atoms with van der Waals surface area (Å²) in [4.78, 5) is 20.7. The molecule has 1 fully saturated rings. The van der Waals surface area contributed by atoms with Gasteiger partial charge in [0.15, 0.2) is 0 Å². The smallest absolute Gasteiger partial charge is 0.414 e. The van der Waals surface area contributed by atoms with E-state index in [4.69, 9.17) is 29.8 Å². The van der Waals surface area contributed by atoms with E-state index < -0.39 is 11.9 Å². The molecule has 0 saturated carbocycles. The molecule has 0 bridgehead atoms. The summed E-state index contributed by atoms with van der Waals surface area (Å²) in [5, 5.41) is 23.5. The average molecular weight is 334 g/mol. The van der Waals surface area contributed by atoms with E-state index in [1.807, 2.05) is 12.1 Å². The first-order valence-electron chi connectivity index (χ1n) is 7.84. The van der Waals surface area contributed by atoms with Crippen molar-refractivity contribution < 1.29 is 24.5 Å². The fourth-order valence-electron chi connectivity index (χ4n) is 2.29. The molecule has 1 heterocycles. The van der Waals surface area contributed by atoms with Gasteiger partial charge in [-0.2, -0.15) is 5.26 Å². The number of benzene rings is 1. The number of nitriles is 1. The molecule has 0 unspecified atom stereocenters. The molecule has 2 N–H and O–H groups in total. The highest BCUT2D eigenvalue weighted by atomic mass is 16.5. The van der Waals surface area contributed by atoms with Gasteiger partial charge in [0.1, 0.15) is 5.75 Å². The molecule has 1 aromatic carbocycles. The summed E-state index contributed by atoms with van der Waals surface area (Å²) >= 11 is 0. The molecule has 0 spiro atoms. The Labute approximate surface area is 141 Å². The Morgan fingerprint density at radius 1 is 1.08 bits per heavy atom. The number of aliphatic carboxylic acids is 2. The highest BCUT2D eigenvalue weighted by Crippen LogP contribution is 2.12. The summed E-state index contributed by atoms with van der Waals surface area (Å²) < 4.78 is 5.66. The number of rotatable bonds is 5. The maximum atomic E-state index is 9.10. The number of carboxylic acids is 2. The minimum absolute atomic E-state index is 0.677. The summed E-state index contributed by atoms with van der Waals surface area (Å²) in [6.07, 6.45) is 5.14. The van der Waals surface area contributed by atoms with E-state index in [-0.39, 0.29) is 0 Å². The zero-order valence-electron chi connectivity index (χ0n) is 13.5. The second-order valence-electron chi connectivity index (χ2n) is 5.35. The van der Waals surface area contributed by atoms with Crippen molar-refractivity contribution in [1.82, 2.24) is 4.90 Å². The van der Waals surface area contributed by atoms with Gasteiger partial charge in [-0.15, -0.1) is 0 Å². The van der Waals surface area contributed by atoms with Crippen LogP contribution in [0.1, 0.15) is 31.2 Å². The van der Waals surface area contributed by atoms with Gasteiger partial charge in [0.2, 0.25) is 0 Å². The maximum Gasteiger partial charge on any atom is 0.414 e. The number of hydrogen-bond donors (Lipinski definition) is 2. The van der Waals surface area contributed by atoms with E-state index in [1.54, 1.807) is 12.1 Å². The SMILES string of the molecule is N#Cc1ccc(OCCCN2CCCCC2)cc1.O=C(O)C(=O)O. The van der Waals surface area contributed by atoms with Gasteiger partial charge in [0.05, 0.1) is 18.2 Å². The highest BCUT2D eigenvalue weighted by molar-refractivity contribution is 6.27. The number of hydrogen-bond acceptors (Lipinski definition) is 5. The van der Waals surface area contributed by atoms with Gasteiger partial charge in [0, 0.05) is 6.54 Å². The highest BCUT2D eigenvalue weighted by Gasteiger charge is 2.08. The van der Waals surface area contributed by atoms with Crippen molar-refractivity contribution in [3.63, 3.8) is 0 Å². The summed E-state index contributed by atoms with van der Waals surface area (Å²) in [7, 11) is 0. The zero-order valence-corrected chi connectivity index (χ0v) is 13.5. The molecule has 2 rings (SSSR count). The predicted molar refractivity (Wildman–Crippen MR) is 86.8 cm³/mol. The number of likely N-dealkylation sites (tertiary alicyclic amines) is 1. The molecule has 0 aromatic heterocycles. The quantitative estimate of drug-likeness (QED) is 0.625. The lowest BCUT2D eigenvalue weighted by molar-refractivity contribution is -0.159. The number of nitrogens with zero attached hydrogens (tertiary/aromatic N) is 2. The third-order valence-electron chi connectivity index (χ3n) is 3.50. The Morgan fingerprint density at radius 3 is 2.17 bits per heavy atom. The molecule has 0 radical (unpaired) electrons. The Bertz CT molecular complexity index is 547. The van der Waals surface area contributed by atoms with E-state index in [2.05, 4.69) is 11.0 Å². The van der Waals surface area contributed by atoms with Gasteiger partial charge in [-0.05, 0) is 56.6 Å². The molecule has 1 saturated heterocycles. The van der Waals surface area contributed by atoms with E-state index in [9.17, 15) is 0 Å². The Balaban J connectivity index is 0.000000413. The van der Waals surface area contributed by atoms with E-state index in [1.165, 1.54) is 32.4 Å². The van der Waals surface area contributed by atoms with Crippen molar-refractivity contribution in [2.24, 2.45) is 0 Å². The van der Waals surface area contributed by atoms with Crippen molar-refractivity contribution in [3.05, 3.63) is 29.8 Å². The Hall–Kier alpha value is -2.59. The van der Waals surface area contributed by atoms with Crippen LogP contribution in [-0.4, -0.2) is 53.3 Å². The summed E-state index contributed by atoms with van der Waals surface area (Å²) in [5.74, 6) is -2.79. The second kappa shape index (κ2) is 11.0. The molecule has 7 heteroatoms. The summed E-state index contributed by atoms with van der Waals surface area (Å²) in [6.45, 7) is 4.38. The number of carbonyl (C=O) groups is 2. The fraction of sp³-hybridized carbons (Fsp3) is 0.471. The number of piperidine rings is 1. The van der Waals surface area contributed by atoms with Crippen molar-refractivity contribution in [2.45, 2.75) is 25.7 Å². The topological polar surface area (TPSA) is 111 Å². The largest absolute Gasteiger partial charge is 0.494 e. The Morgan fingerprint density at radius 2 is 1.67 bits per heavy atom. The van der Waals surface area contributed by atoms with Gasteiger partial charge in [-0.25, -0.2) is 9.59 Å². The third kappa shape index (κ3) is 8.15. The fourth-order valence-corrected chi connectivity index (χ4v) is 2.29. The molecule has 1 aromatic rings. The zero-order chi connectivity index (χ0) is 17.8. The normalized spacial score (nSPS) is 14.0. The lowest BCUT2D eigenvalue weighted by Crippen LogP contribution is -2.31. The van der Waals surface area contributed by atoms with Gasteiger partial charge in [0.25, 0.3) is 0 Å². The average Bonchev–Trinajstić information content (AvgIpc) is 2.60. The van der Waals surface area contributed by atoms with E-state index >= 15 is 0 Å². The first kappa shape index (κ1) is 19.5. The molecular formula is C17H22N2O5. The number of ether oxygens (including phenoxy) is 1. The Kier molecular flexibility index (Phi) is 8.94. The second-order valence-corrected chi connectivity index (χ2v) is 5.35. The van der Waals surface area contributed by atoms with E-state index in [0.29, 0.717) is 5.56 Å². The van der Waals surface area contributed by atoms with Gasteiger partial charge in [-0.1, -0.05) is 6.42 Å². The predicted octanol–water partition coefficient (Wildman–Crippen LogP) is 1.97. The van der Waals surface area contributed by atoms with Crippen molar-refractivity contribution in [2.75, 3.05) is 26.2 Å². The molecule has 130 valence electrons. The minimum atomic E-state index is -1.82. The molecule has 0 aliphatic carbocycles. The molecule has 0 amide bonds. The monoisotopic (exact) mass is 334 g/mol. The van der Waals surface area contributed by atoms with Crippen molar-refractivity contribution in [1.29, 1.82) is 5.26 Å². The molecule has 1 aliphatic rings. The van der Waals surface area contributed by atoms with Crippen LogP contribution >= 0.6 is 0 Å². The van der Waals surface area contributed by atoms with Crippen molar-refractivity contribution >= 4 is 11.9 Å². The van der Waals surface area contributed by atoms with Crippen LogP contribution in [0.15, 0.2) is 24.3 Å². The molecule has 1 aliphatic heterocycles.